The van der Waals surface area contributed by atoms with Gasteiger partial charge < -0.3 is 4.90 Å². The molecule has 0 bridgehead atoms. The summed E-state index contributed by atoms with van der Waals surface area (Å²) in [6, 6.07) is 12.1. The van der Waals surface area contributed by atoms with E-state index in [-0.39, 0.29) is 10.1 Å². The second-order valence-electron chi connectivity index (χ2n) is 6.26. The van der Waals surface area contributed by atoms with Crippen LogP contribution in [0.25, 0.3) is 0 Å². The molecule has 3 aromatic rings. The minimum atomic E-state index is -3.60. The van der Waals surface area contributed by atoms with E-state index in [1.807, 2.05) is 6.92 Å². The van der Waals surface area contributed by atoms with Crippen LogP contribution in [0.5, 0.6) is 0 Å². The van der Waals surface area contributed by atoms with Crippen molar-refractivity contribution in [2.75, 3.05) is 16.2 Å². The normalized spacial score (nSPS) is 13.4. The molecule has 1 amide bonds. The SMILES string of the molecule is Cc1ccc(S(=O)(=O)Nc2ccc3c(c2)CCN3C(=O)c2cccnc2)s1. The van der Waals surface area contributed by atoms with Gasteiger partial charge in [0, 0.05) is 35.2 Å². The number of fused-ring (bicyclic) bond motifs is 1. The molecule has 1 aliphatic heterocycles. The van der Waals surface area contributed by atoms with Crippen LogP contribution in [0.15, 0.2) is 59.1 Å². The van der Waals surface area contributed by atoms with Gasteiger partial charge in [0.2, 0.25) is 0 Å². The van der Waals surface area contributed by atoms with Crippen LogP contribution in [0, 0.1) is 6.92 Å². The highest BCUT2D eigenvalue weighted by Gasteiger charge is 2.26. The van der Waals surface area contributed by atoms with Gasteiger partial charge >= 0.3 is 0 Å². The summed E-state index contributed by atoms with van der Waals surface area (Å²) in [6.07, 6.45) is 3.85. The maximum atomic E-state index is 12.7. The van der Waals surface area contributed by atoms with E-state index in [1.165, 1.54) is 11.3 Å². The molecule has 0 aliphatic carbocycles. The lowest BCUT2D eigenvalue weighted by molar-refractivity contribution is 0.0989. The third-order valence-corrected chi connectivity index (χ3v) is 7.24. The van der Waals surface area contributed by atoms with E-state index in [1.54, 1.807) is 59.8 Å². The van der Waals surface area contributed by atoms with Crippen LogP contribution in [0.3, 0.4) is 0 Å². The molecule has 0 saturated heterocycles. The van der Waals surface area contributed by atoms with Gasteiger partial charge in [-0.05, 0) is 61.4 Å². The average molecular weight is 399 g/mol. The van der Waals surface area contributed by atoms with Gasteiger partial charge in [-0.3, -0.25) is 14.5 Å². The van der Waals surface area contributed by atoms with Gasteiger partial charge in [-0.25, -0.2) is 8.42 Å². The van der Waals surface area contributed by atoms with Crippen LogP contribution >= 0.6 is 11.3 Å². The second-order valence-corrected chi connectivity index (χ2v) is 9.46. The number of hydrogen-bond donors (Lipinski definition) is 1. The topological polar surface area (TPSA) is 79.4 Å². The molecule has 1 N–H and O–H groups in total. The van der Waals surface area contributed by atoms with E-state index in [9.17, 15) is 13.2 Å². The molecule has 8 heteroatoms. The number of aromatic nitrogens is 1. The maximum absolute atomic E-state index is 12.7. The van der Waals surface area contributed by atoms with Crippen molar-refractivity contribution in [3.05, 3.63) is 70.9 Å². The fourth-order valence-corrected chi connectivity index (χ4v) is 5.42. The number of carbonyl (C=O) groups excluding carboxylic acids is 1. The molecule has 0 radical (unpaired) electrons. The Labute approximate surface area is 161 Å². The van der Waals surface area contributed by atoms with Gasteiger partial charge in [0.1, 0.15) is 4.21 Å². The Morgan fingerprint density at radius 2 is 2.07 bits per heavy atom. The third-order valence-electron chi connectivity index (χ3n) is 4.36. The van der Waals surface area contributed by atoms with Gasteiger partial charge in [0.25, 0.3) is 15.9 Å². The molecule has 0 spiro atoms. The number of nitrogens with zero attached hydrogens (tertiary/aromatic N) is 2. The predicted octanol–water partition coefficient (Wildman–Crippen LogP) is 3.46. The molecule has 0 atom stereocenters. The quantitative estimate of drug-likeness (QED) is 0.729. The zero-order chi connectivity index (χ0) is 19.0. The third kappa shape index (κ3) is 3.45. The van der Waals surface area contributed by atoms with Gasteiger partial charge in [0.05, 0.1) is 5.56 Å². The van der Waals surface area contributed by atoms with Crippen molar-refractivity contribution in [1.29, 1.82) is 0 Å². The Kier molecular flexibility index (Phi) is 4.45. The maximum Gasteiger partial charge on any atom is 0.271 e. The zero-order valence-electron chi connectivity index (χ0n) is 14.5. The Bertz CT molecular complexity index is 1110. The monoisotopic (exact) mass is 399 g/mol. The Balaban J connectivity index is 1.58. The van der Waals surface area contributed by atoms with E-state index in [0.717, 1.165) is 16.1 Å². The standard InChI is InChI=1S/C19H17N3O3S2/c1-13-4-7-18(26-13)27(24,25)21-16-5-6-17-14(11-16)8-10-22(17)19(23)15-3-2-9-20-12-15/h2-7,9,11-12,21H,8,10H2,1H3. The Morgan fingerprint density at radius 1 is 1.22 bits per heavy atom. The number of sulfonamides is 1. The van der Waals surface area contributed by atoms with E-state index < -0.39 is 10.0 Å². The summed E-state index contributed by atoms with van der Waals surface area (Å²) in [4.78, 5) is 19.3. The molecule has 3 heterocycles. The van der Waals surface area contributed by atoms with Crippen LogP contribution in [-0.4, -0.2) is 25.9 Å². The molecule has 0 saturated carbocycles. The number of carbonyl (C=O) groups is 1. The predicted molar refractivity (Wildman–Crippen MR) is 106 cm³/mol. The summed E-state index contributed by atoms with van der Waals surface area (Å²) in [7, 11) is -3.60. The van der Waals surface area contributed by atoms with Gasteiger partial charge in [0.15, 0.2) is 0 Å². The highest BCUT2D eigenvalue weighted by atomic mass is 32.2. The molecule has 138 valence electrons. The lowest BCUT2D eigenvalue weighted by Gasteiger charge is -2.17. The van der Waals surface area contributed by atoms with Crippen molar-refractivity contribution in [3.8, 4) is 0 Å². The molecule has 0 unspecified atom stereocenters. The number of amides is 1. The number of anilines is 2. The Morgan fingerprint density at radius 3 is 2.78 bits per heavy atom. The van der Waals surface area contributed by atoms with E-state index in [4.69, 9.17) is 0 Å². The molecule has 6 nitrogen and oxygen atoms in total. The molecular formula is C19H17N3O3S2. The highest BCUT2D eigenvalue weighted by molar-refractivity contribution is 7.94. The van der Waals surface area contributed by atoms with Crippen LogP contribution < -0.4 is 9.62 Å². The number of pyridine rings is 1. The summed E-state index contributed by atoms with van der Waals surface area (Å²) in [5.41, 5.74) is 2.77. The molecular weight excluding hydrogens is 382 g/mol. The highest BCUT2D eigenvalue weighted by Crippen LogP contribution is 2.32. The lowest BCUT2D eigenvalue weighted by Crippen LogP contribution is -2.28. The zero-order valence-corrected chi connectivity index (χ0v) is 16.2. The van der Waals surface area contributed by atoms with Crippen LogP contribution in [0.1, 0.15) is 20.8 Å². The smallest absolute Gasteiger partial charge is 0.271 e. The molecule has 1 aliphatic rings. The largest absolute Gasteiger partial charge is 0.308 e. The first-order valence-electron chi connectivity index (χ1n) is 8.38. The summed E-state index contributed by atoms with van der Waals surface area (Å²) in [5, 5.41) is 0. The van der Waals surface area contributed by atoms with E-state index >= 15 is 0 Å². The molecule has 0 fully saturated rings. The fourth-order valence-electron chi connectivity index (χ4n) is 3.08. The molecule has 27 heavy (non-hydrogen) atoms. The minimum absolute atomic E-state index is 0.107. The fraction of sp³-hybridized carbons (Fsp3) is 0.158. The number of benzene rings is 1. The number of thiophene rings is 1. The summed E-state index contributed by atoms with van der Waals surface area (Å²) < 4.78 is 27.9. The Hall–Kier alpha value is -2.71. The number of rotatable bonds is 4. The van der Waals surface area contributed by atoms with Gasteiger partial charge in [-0.1, -0.05) is 0 Å². The first kappa shape index (κ1) is 17.7. The van der Waals surface area contributed by atoms with Crippen molar-refractivity contribution in [3.63, 3.8) is 0 Å². The number of nitrogens with one attached hydrogen (secondary N) is 1. The molecule has 1 aromatic carbocycles. The summed E-state index contributed by atoms with van der Waals surface area (Å²) >= 11 is 1.23. The van der Waals surface area contributed by atoms with Crippen molar-refractivity contribution in [1.82, 2.24) is 4.98 Å². The minimum Gasteiger partial charge on any atom is -0.308 e. The summed E-state index contributed by atoms with van der Waals surface area (Å²) in [6.45, 7) is 2.43. The molecule has 4 rings (SSSR count). The van der Waals surface area contributed by atoms with Crippen molar-refractivity contribution in [2.45, 2.75) is 17.6 Å². The van der Waals surface area contributed by atoms with E-state index in [0.29, 0.717) is 24.2 Å². The number of hydrogen-bond acceptors (Lipinski definition) is 5. The van der Waals surface area contributed by atoms with Crippen LogP contribution in [0.4, 0.5) is 11.4 Å². The second kappa shape index (κ2) is 6.79. The van der Waals surface area contributed by atoms with E-state index in [2.05, 4.69) is 9.71 Å². The first-order valence-corrected chi connectivity index (χ1v) is 10.7. The molecule has 2 aromatic heterocycles. The lowest BCUT2D eigenvalue weighted by atomic mass is 10.1. The first-order chi connectivity index (χ1) is 12.9. The average Bonchev–Trinajstić information content (AvgIpc) is 3.28. The summed E-state index contributed by atoms with van der Waals surface area (Å²) in [5.74, 6) is -0.107. The van der Waals surface area contributed by atoms with Gasteiger partial charge in [-0.15, -0.1) is 11.3 Å². The van der Waals surface area contributed by atoms with Gasteiger partial charge in [-0.2, -0.15) is 0 Å². The van der Waals surface area contributed by atoms with Crippen LogP contribution in [0.2, 0.25) is 0 Å². The van der Waals surface area contributed by atoms with Crippen molar-refractivity contribution in [2.24, 2.45) is 0 Å². The van der Waals surface area contributed by atoms with Crippen LogP contribution in [-0.2, 0) is 16.4 Å². The van der Waals surface area contributed by atoms with Crippen molar-refractivity contribution < 1.29 is 13.2 Å². The number of aryl methyl sites for hydroxylation is 1. The van der Waals surface area contributed by atoms with Crippen molar-refractivity contribution >= 4 is 38.6 Å².